The van der Waals surface area contributed by atoms with Crippen molar-refractivity contribution in [1.29, 1.82) is 0 Å². The molecule has 0 atom stereocenters. The number of hydrogen-bond acceptors (Lipinski definition) is 5. The molecule has 5 nitrogen and oxygen atoms in total. The Hall–Kier alpha value is -1.75. The van der Waals surface area contributed by atoms with Crippen molar-refractivity contribution in [3.63, 3.8) is 0 Å². The molecule has 2 aromatic rings. The van der Waals surface area contributed by atoms with E-state index in [0.717, 1.165) is 30.7 Å². The van der Waals surface area contributed by atoms with Gasteiger partial charge < -0.3 is 10.6 Å². The molecule has 1 aromatic heterocycles. The average molecular weight is 243 g/mol. The molecule has 1 aliphatic heterocycles. The van der Waals surface area contributed by atoms with Gasteiger partial charge in [-0.05, 0) is 44.0 Å². The summed E-state index contributed by atoms with van der Waals surface area (Å²) in [5.41, 5.74) is 1.73. The van der Waals surface area contributed by atoms with Crippen LogP contribution in [0.1, 0.15) is 12.8 Å². The van der Waals surface area contributed by atoms with Crippen molar-refractivity contribution in [2.45, 2.75) is 12.8 Å². The second-order valence-corrected chi connectivity index (χ2v) is 4.70. The summed E-state index contributed by atoms with van der Waals surface area (Å²) in [7, 11) is 0. The zero-order valence-electron chi connectivity index (χ0n) is 10.3. The summed E-state index contributed by atoms with van der Waals surface area (Å²) in [6.45, 7) is 3.16. The molecule has 0 radical (unpaired) electrons. The molecule has 1 aliphatic rings. The summed E-state index contributed by atoms with van der Waals surface area (Å²) >= 11 is 0. The predicted molar refractivity (Wildman–Crippen MR) is 71.4 cm³/mol. The van der Waals surface area contributed by atoms with Gasteiger partial charge in [0.05, 0.1) is 5.52 Å². The van der Waals surface area contributed by atoms with E-state index in [-0.39, 0.29) is 0 Å². The SMILES string of the molecule is c1ccc2nc(NCC3CCNCC3)nnc2c1. The van der Waals surface area contributed by atoms with E-state index >= 15 is 0 Å². The highest BCUT2D eigenvalue weighted by molar-refractivity contribution is 5.73. The smallest absolute Gasteiger partial charge is 0.243 e. The molecule has 18 heavy (non-hydrogen) atoms. The third kappa shape index (κ3) is 2.56. The molecule has 1 aromatic carbocycles. The third-order valence-electron chi connectivity index (χ3n) is 3.37. The standard InChI is InChI=1S/C13H17N5/c1-2-4-12-11(3-1)16-13(18-17-12)15-9-10-5-7-14-8-6-10/h1-4,10,14H,5-9H2,(H,15,16,18). The number of nitrogens with zero attached hydrogens (tertiary/aromatic N) is 3. The fourth-order valence-corrected chi connectivity index (χ4v) is 2.28. The largest absolute Gasteiger partial charge is 0.353 e. The lowest BCUT2D eigenvalue weighted by molar-refractivity contribution is 0.389. The molecule has 1 saturated heterocycles. The summed E-state index contributed by atoms with van der Waals surface area (Å²) < 4.78 is 0. The highest BCUT2D eigenvalue weighted by Gasteiger charge is 2.13. The van der Waals surface area contributed by atoms with Crippen LogP contribution in [0.3, 0.4) is 0 Å². The fraction of sp³-hybridized carbons (Fsp3) is 0.462. The molecule has 1 fully saturated rings. The van der Waals surface area contributed by atoms with Crippen molar-refractivity contribution in [3.8, 4) is 0 Å². The molecular formula is C13H17N5. The minimum atomic E-state index is 0.632. The molecule has 94 valence electrons. The molecule has 2 N–H and O–H groups in total. The van der Waals surface area contributed by atoms with E-state index in [2.05, 4.69) is 25.8 Å². The molecule has 0 saturated carbocycles. The summed E-state index contributed by atoms with van der Waals surface area (Å²) in [5, 5.41) is 14.9. The summed E-state index contributed by atoms with van der Waals surface area (Å²) in [5.74, 6) is 1.34. The second kappa shape index (κ2) is 5.27. The van der Waals surface area contributed by atoms with Gasteiger partial charge in [-0.15, -0.1) is 10.2 Å². The monoisotopic (exact) mass is 243 g/mol. The lowest BCUT2D eigenvalue weighted by atomic mass is 9.98. The minimum Gasteiger partial charge on any atom is -0.353 e. The van der Waals surface area contributed by atoms with Crippen LogP contribution in [0, 0.1) is 5.92 Å². The zero-order chi connectivity index (χ0) is 12.2. The van der Waals surface area contributed by atoms with Gasteiger partial charge in [-0.3, -0.25) is 0 Å². The Morgan fingerprint density at radius 2 is 1.89 bits per heavy atom. The van der Waals surface area contributed by atoms with E-state index in [1.165, 1.54) is 12.8 Å². The molecule has 0 aliphatic carbocycles. The van der Waals surface area contributed by atoms with Crippen molar-refractivity contribution in [3.05, 3.63) is 24.3 Å². The van der Waals surface area contributed by atoms with Gasteiger partial charge in [-0.2, -0.15) is 0 Å². The molecule has 3 rings (SSSR count). The maximum Gasteiger partial charge on any atom is 0.243 e. The number of piperidine rings is 1. The number of rotatable bonds is 3. The molecule has 5 heteroatoms. The van der Waals surface area contributed by atoms with Crippen LogP contribution in [0.2, 0.25) is 0 Å². The maximum absolute atomic E-state index is 4.46. The number of hydrogen-bond donors (Lipinski definition) is 2. The summed E-state index contributed by atoms with van der Waals surface area (Å²) in [4.78, 5) is 4.46. The first-order valence-electron chi connectivity index (χ1n) is 6.46. The summed E-state index contributed by atoms with van der Waals surface area (Å²) in [6, 6.07) is 7.79. The minimum absolute atomic E-state index is 0.632. The first-order chi connectivity index (χ1) is 8.92. The Labute approximate surface area is 106 Å². The van der Waals surface area contributed by atoms with Crippen LogP contribution in [0.4, 0.5) is 5.95 Å². The van der Waals surface area contributed by atoms with E-state index < -0.39 is 0 Å². The Morgan fingerprint density at radius 3 is 2.72 bits per heavy atom. The highest BCUT2D eigenvalue weighted by Crippen LogP contribution is 2.13. The van der Waals surface area contributed by atoms with Crippen LogP contribution < -0.4 is 10.6 Å². The van der Waals surface area contributed by atoms with Crippen LogP contribution in [0.25, 0.3) is 11.0 Å². The first kappa shape index (κ1) is 11.3. The number of anilines is 1. The maximum atomic E-state index is 4.46. The van der Waals surface area contributed by atoms with E-state index in [0.29, 0.717) is 11.9 Å². The predicted octanol–water partition coefficient (Wildman–Crippen LogP) is 1.44. The Kier molecular flexibility index (Phi) is 3.32. The van der Waals surface area contributed by atoms with Crippen LogP contribution in [0.5, 0.6) is 0 Å². The molecule has 0 amide bonds. The van der Waals surface area contributed by atoms with Crippen molar-refractivity contribution in [2.24, 2.45) is 5.92 Å². The normalized spacial score (nSPS) is 16.9. The average Bonchev–Trinajstić information content (AvgIpc) is 2.46. The van der Waals surface area contributed by atoms with Gasteiger partial charge in [-0.25, -0.2) is 4.98 Å². The second-order valence-electron chi connectivity index (χ2n) is 4.70. The Morgan fingerprint density at radius 1 is 1.11 bits per heavy atom. The van der Waals surface area contributed by atoms with Gasteiger partial charge in [0, 0.05) is 6.54 Å². The van der Waals surface area contributed by atoms with Crippen LogP contribution in [0.15, 0.2) is 24.3 Å². The van der Waals surface area contributed by atoms with Gasteiger partial charge in [-0.1, -0.05) is 12.1 Å². The molecule has 0 bridgehead atoms. The van der Waals surface area contributed by atoms with Crippen LogP contribution >= 0.6 is 0 Å². The van der Waals surface area contributed by atoms with E-state index in [4.69, 9.17) is 0 Å². The number of fused-ring (bicyclic) bond motifs is 1. The lowest BCUT2D eigenvalue weighted by Crippen LogP contribution is -2.31. The quantitative estimate of drug-likeness (QED) is 0.854. The highest BCUT2D eigenvalue weighted by atomic mass is 15.2. The number of benzene rings is 1. The van der Waals surface area contributed by atoms with Gasteiger partial charge in [0.2, 0.25) is 5.95 Å². The number of para-hydroxylation sites is 1. The Balaban J connectivity index is 1.66. The fourth-order valence-electron chi connectivity index (χ4n) is 2.28. The summed E-state index contributed by atoms with van der Waals surface area (Å²) in [6.07, 6.45) is 2.43. The van der Waals surface area contributed by atoms with Crippen LogP contribution in [-0.2, 0) is 0 Å². The van der Waals surface area contributed by atoms with Gasteiger partial charge in [0.1, 0.15) is 5.52 Å². The van der Waals surface area contributed by atoms with Gasteiger partial charge >= 0.3 is 0 Å². The number of aromatic nitrogens is 3. The van der Waals surface area contributed by atoms with E-state index in [1.807, 2.05) is 24.3 Å². The Bertz CT molecular complexity index is 522. The van der Waals surface area contributed by atoms with Crippen LogP contribution in [-0.4, -0.2) is 34.8 Å². The lowest BCUT2D eigenvalue weighted by Gasteiger charge is -2.22. The van der Waals surface area contributed by atoms with Crippen molar-refractivity contribution in [1.82, 2.24) is 20.5 Å². The topological polar surface area (TPSA) is 62.7 Å². The molecule has 0 spiro atoms. The van der Waals surface area contributed by atoms with Gasteiger partial charge in [0.15, 0.2) is 0 Å². The molecular weight excluding hydrogens is 226 g/mol. The van der Waals surface area contributed by atoms with Crippen molar-refractivity contribution in [2.75, 3.05) is 25.0 Å². The van der Waals surface area contributed by atoms with Crippen molar-refractivity contribution >= 4 is 17.0 Å². The molecule has 0 unspecified atom stereocenters. The first-order valence-corrected chi connectivity index (χ1v) is 6.46. The van der Waals surface area contributed by atoms with Crippen molar-refractivity contribution < 1.29 is 0 Å². The van der Waals surface area contributed by atoms with E-state index in [1.54, 1.807) is 0 Å². The molecule has 2 heterocycles. The van der Waals surface area contributed by atoms with Gasteiger partial charge in [0.25, 0.3) is 0 Å². The zero-order valence-corrected chi connectivity index (χ0v) is 10.3. The van der Waals surface area contributed by atoms with E-state index in [9.17, 15) is 0 Å². The number of nitrogens with one attached hydrogen (secondary N) is 2. The third-order valence-corrected chi connectivity index (χ3v) is 3.37.